The van der Waals surface area contributed by atoms with Gasteiger partial charge >= 0.3 is 0 Å². The highest BCUT2D eigenvalue weighted by Crippen LogP contribution is 2.36. The van der Waals surface area contributed by atoms with Crippen LogP contribution in [0.25, 0.3) is 11.0 Å². The molecule has 1 aromatic heterocycles. The highest BCUT2D eigenvalue weighted by atomic mass is 35.5. The van der Waals surface area contributed by atoms with E-state index in [1.807, 2.05) is 60.7 Å². The monoisotopic (exact) mass is 498 g/mol. The smallest absolute Gasteiger partial charge is 0.164 e. The van der Waals surface area contributed by atoms with E-state index in [-0.39, 0.29) is 6.61 Å². The van der Waals surface area contributed by atoms with Gasteiger partial charge in [-0.15, -0.1) is 0 Å². The molecule has 0 amide bonds. The lowest BCUT2D eigenvalue weighted by atomic mass is 10.1. The Bertz CT molecular complexity index is 1240. The number of aliphatic hydroxyl groups excluding tert-OH is 1. The van der Waals surface area contributed by atoms with E-state index in [9.17, 15) is 5.11 Å². The zero-order valence-corrected chi connectivity index (χ0v) is 19.8. The van der Waals surface area contributed by atoms with Crippen LogP contribution < -0.4 is 0 Å². The molecule has 1 aliphatic heterocycles. The summed E-state index contributed by atoms with van der Waals surface area (Å²) in [5.74, 6) is 0. The summed E-state index contributed by atoms with van der Waals surface area (Å²) >= 11 is 12.4. The first-order valence-corrected chi connectivity index (χ1v) is 11.8. The predicted octanol–water partition coefficient (Wildman–Crippen LogP) is 5.40. The average molecular weight is 499 g/mol. The minimum Gasteiger partial charge on any atom is -0.386 e. The Morgan fingerprint density at radius 2 is 1.56 bits per heavy atom. The second-order valence-corrected chi connectivity index (χ2v) is 9.04. The highest BCUT2D eigenvalue weighted by Gasteiger charge is 2.46. The van der Waals surface area contributed by atoms with E-state index in [0.717, 1.165) is 11.1 Å². The molecule has 176 valence electrons. The number of nitrogens with zero attached hydrogens (tertiary/aromatic N) is 2. The van der Waals surface area contributed by atoms with Gasteiger partial charge in [0.05, 0.1) is 47.2 Å². The van der Waals surface area contributed by atoms with E-state index in [4.69, 9.17) is 37.4 Å². The predicted molar refractivity (Wildman–Crippen MR) is 131 cm³/mol. The molecule has 0 aliphatic carbocycles. The van der Waals surface area contributed by atoms with E-state index in [1.165, 1.54) is 0 Å². The van der Waals surface area contributed by atoms with Crippen LogP contribution in [0.4, 0.5) is 0 Å². The van der Waals surface area contributed by atoms with Crippen LogP contribution >= 0.6 is 23.2 Å². The van der Waals surface area contributed by atoms with Crippen molar-refractivity contribution in [3.05, 3.63) is 100 Å². The standard InChI is InChI=1S/C26H24Cl2N2O4/c27-19-11-21-22(12-20(19)28)30(16-29-21)26-24(31)25(33-14-18-9-5-2-6-10-18)23(34-26)15-32-13-17-7-3-1-4-8-17/h1-12,16,23-26,31H,13-15H2/t23-,24-,25+,26-/m1/s1. The maximum absolute atomic E-state index is 11.3. The number of rotatable bonds is 8. The minimum absolute atomic E-state index is 0.265. The van der Waals surface area contributed by atoms with Crippen LogP contribution in [0.1, 0.15) is 17.4 Å². The molecule has 3 aromatic carbocycles. The molecule has 34 heavy (non-hydrogen) atoms. The summed E-state index contributed by atoms with van der Waals surface area (Å²) in [5, 5.41) is 12.1. The van der Waals surface area contributed by atoms with Crippen molar-refractivity contribution in [2.45, 2.75) is 37.8 Å². The second kappa shape index (κ2) is 10.4. The fourth-order valence-corrected chi connectivity index (χ4v) is 4.46. The highest BCUT2D eigenvalue weighted by molar-refractivity contribution is 6.42. The normalized spacial score (nSPS) is 22.4. The summed E-state index contributed by atoms with van der Waals surface area (Å²) in [6.07, 6.45) is -1.12. The summed E-state index contributed by atoms with van der Waals surface area (Å²) in [6, 6.07) is 23.2. The Labute approximate surface area is 207 Å². The molecule has 5 rings (SSSR count). The molecule has 0 saturated carbocycles. The summed E-state index contributed by atoms with van der Waals surface area (Å²) in [5.41, 5.74) is 3.45. The fourth-order valence-electron chi connectivity index (χ4n) is 4.15. The average Bonchev–Trinajstić information content (AvgIpc) is 3.39. The van der Waals surface area contributed by atoms with Crippen LogP contribution in [0.15, 0.2) is 79.1 Å². The molecule has 1 N–H and O–H groups in total. The summed E-state index contributed by atoms with van der Waals surface area (Å²) in [4.78, 5) is 4.40. The van der Waals surface area contributed by atoms with Gasteiger partial charge in [0.1, 0.15) is 18.3 Å². The van der Waals surface area contributed by atoms with Crippen LogP contribution in [0.2, 0.25) is 10.0 Å². The van der Waals surface area contributed by atoms with Crippen molar-refractivity contribution in [3.8, 4) is 0 Å². The van der Waals surface area contributed by atoms with Crippen molar-refractivity contribution in [3.63, 3.8) is 0 Å². The number of halogens is 2. The first-order valence-electron chi connectivity index (χ1n) is 11.0. The largest absolute Gasteiger partial charge is 0.386 e. The molecule has 0 unspecified atom stereocenters. The molecule has 0 bridgehead atoms. The van der Waals surface area contributed by atoms with E-state index in [0.29, 0.717) is 34.3 Å². The van der Waals surface area contributed by atoms with Gasteiger partial charge in [-0.05, 0) is 23.3 Å². The van der Waals surface area contributed by atoms with Gasteiger partial charge in [0.2, 0.25) is 0 Å². The van der Waals surface area contributed by atoms with Gasteiger partial charge in [-0.1, -0.05) is 83.9 Å². The summed E-state index contributed by atoms with van der Waals surface area (Å²) in [7, 11) is 0. The van der Waals surface area contributed by atoms with Crippen LogP contribution in [-0.4, -0.2) is 39.6 Å². The lowest BCUT2D eigenvalue weighted by Gasteiger charge is -2.21. The topological polar surface area (TPSA) is 65.7 Å². The Hall–Kier alpha value is -2.45. The molecule has 0 radical (unpaired) electrons. The first kappa shape index (κ1) is 23.3. The molecule has 6 nitrogen and oxygen atoms in total. The molecule has 1 saturated heterocycles. The number of fused-ring (bicyclic) bond motifs is 1. The summed E-state index contributed by atoms with van der Waals surface area (Å²) in [6.45, 7) is 1.05. The minimum atomic E-state index is -0.944. The Morgan fingerprint density at radius 1 is 0.912 bits per heavy atom. The zero-order chi connectivity index (χ0) is 23.5. The molecule has 4 atom stereocenters. The number of ether oxygens (including phenoxy) is 3. The number of hydrogen-bond donors (Lipinski definition) is 1. The molecule has 0 spiro atoms. The maximum atomic E-state index is 11.3. The van der Waals surface area contributed by atoms with Gasteiger partial charge in [-0.3, -0.25) is 0 Å². The summed E-state index contributed by atoms with van der Waals surface area (Å²) < 4.78 is 20.2. The van der Waals surface area contributed by atoms with Crippen molar-refractivity contribution in [2.24, 2.45) is 0 Å². The van der Waals surface area contributed by atoms with E-state index in [2.05, 4.69) is 4.98 Å². The van der Waals surface area contributed by atoms with Gasteiger partial charge in [0.15, 0.2) is 6.23 Å². The fraction of sp³-hybridized carbons (Fsp3) is 0.269. The molecular weight excluding hydrogens is 475 g/mol. The van der Waals surface area contributed by atoms with Crippen LogP contribution in [0.5, 0.6) is 0 Å². The second-order valence-electron chi connectivity index (χ2n) is 8.22. The number of hydrogen-bond acceptors (Lipinski definition) is 5. The molecule has 1 aliphatic rings. The van der Waals surface area contributed by atoms with Crippen molar-refractivity contribution in [1.82, 2.24) is 9.55 Å². The lowest BCUT2D eigenvalue weighted by Crippen LogP contribution is -2.36. The number of aromatic nitrogens is 2. The van der Waals surface area contributed by atoms with Crippen LogP contribution in [0, 0.1) is 0 Å². The Morgan fingerprint density at radius 3 is 2.26 bits per heavy atom. The van der Waals surface area contributed by atoms with Crippen molar-refractivity contribution >= 4 is 34.2 Å². The van der Waals surface area contributed by atoms with Crippen LogP contribution in [0.3, 0.4) is 0 Å². The number of aliphatic hydroxyl groups is 1. The van der Waals surface area contributed by atoms with E-state index < -0.39 is 24.5 Å². The molecule has 2 heterocycles. The van der Waals surface area contributed by atoms with Gasteiger partial charge in [-0.25, -0.2) is 4.98 Å². The third-order valence-electron chi connectivity index (χ3n) is 5.88. The first-order chi connectivity index (χ1) is 16.6. The van der Waals surface area contributed by atoms with Crippen molar-refractivity contribution < 1.29 is 19.3 Å². The molecule has 8 heteroatoms. The van der Waals surface area contributed by atoms with Gasteiger partial charge < -0.3 is 23.9 Å². The zero-order valence-electron chi connectivity index (χ0n) is 18.3. The van der Waals surface area contributed by atoms with Gasteiger partial charge in [0, 0.05) is 0 Å². The van der Waals surface area contributed by atoms with E-state index >= 15 is 0 Å². The molecule has 1 fully saturated rings. The third-order valence-corrected chi connectivity index (χ3v) is 6.60. The molecule has 4 aromatic rings. The van der Waals surface area contributed by atoms with Crippen molar-refractivity contribution in [2.75, 3.05) is 6.61 Å². The number of benzene rings is 3. The SMILES string of the molecule is O[C@@H]1[C@@H](OCc2ccccc2)[C@@H](COCc2ccccc2)O[C@H]1n1cnc2cc(Cl)c(Cl)cc21. The van der Waals surface area contributed by atoms with Gasteiger partial charge in [0.25, 0.3) is 0 Å². The van der Waals surface area contributed by atoms with E-state index in [1.54, 1.807) is 23.0 Å². The third kappa shape index (κ3) is 4.98. The number of imidazole rings is 1. The Kier molecular flexibility index (Phi) is 7.15. The Balaban J connectivity index is 1.36. The quantitative estimate of drug-likeness (QED) is 0.352. The van der Waals surface area contributed by atoms with Gasteiger partial charge in [-0.2, -0.15) is 0 Å². The molecular formula is C26H24Cl2N2O4. The van der Waals surface area contributed by atoms with Crippen molar-refractivity contribution in [1.29, 1.82) is 0 Å². The lowest BCUT2D eigenvalue weighted by molar-refractivity contribution is -0.0822. The maximum Gasteiger partial charge on any atom is 0.164 e. The van der Waals surface area contributed by atoms with Crippen LogP contribution in [-0.2, 0) is 27.4 Å².